The van der Waals surface area contributed by atoms with E-state index in [-0.39, 0.29) is 5.92 Å². The zero-order valence-corrected chi connectivity index (χ0v) is 18.2. The molecule has 0 radical (unpaired) electrons. The van der Waals surface area contributed by atoms with E-state index in [9.17, 15) is 4.79 Å². The number of piperidine rings is 3. The molecule has 1 amide bonds. The van der Waals surface area contributed by atoms with E-state index in [0.717, 1.165) is 56.8 Å². The summed E-state index contributed by atoms with van der Waals surface area (Å²) < 4.78 is 7.71. The molecule has 1 aliphatic carbocycles. The van der Waals surface area contributed by atoms with Crippen LogP contribution in [0.15, 0.2) is 36.5 Å². The van der Waals surface area contributed by atoms with Gasteiger partial charge in [-0.15, -0.1) is 5.10 Å². The largest absolute Gasteiger partial charge is 0.487 e. The first-order valence-electron chi connectivity index (χ1n) is 11.9. The summed E-state index contributed by atoms with van der Waals surface area (Å²) in [7, 11) is 0. The lowest BCUT2D eigenvalue weighted by atomic mass is 9.75. The van der Waals surface area contributed by atoms with Gasteiger partial charge < -0.3 is 10.1 Å². The number of rotatable bonds is 7. The molecule has 4 fully saturated rings. The van der Waals surface area contributed by atoms with Crippen LogP contribution in [-0.4, -0.2) is 51.0 Å². The van der Waals surface area contributed by atoms with Crippen LogP contribution in [0, 0.1) is 11.8 Å². The summed E-state index contributed by atoms with van der Waals surface area (Å²) in [6, 6.07) is 10.6. The minimum Gasteiger partial charge on any atom is -0.487 e. The van der Waals surface area contributed by atoms with Gasteiger partial charge in [0.25, 0.3) is 0 Å². The number of nitrogens with one attached hydrogen (secondary N) is 1. The van der Waals surface area contributed by atoms with Crippen molar-refractivity contribution in [3.05, 3.63) is 42.2 Å². The van der Waals surface area contributed by atoms with Crippen LogP contribution in [0.25, 0.3) is 0 Å². The highest BCUT2D eigenvalue weighted by Gasteiger charge is 2.43. The smallest absolute Gasteiger partial charge is 0.224 e. The van der Waals surface area contributed by atoms with E-state index in [4.69, 9.17) is 4.74 Å². The van der Waals surface area contributed by atoms with Gasteiger partial charge in [0.05, 0.1) is 18.7 Å². The summed E-state index contributed by atoms with van der Waals surface area (Å²) >= 11 is 0. The van der Waals surface area contributed by atoms with E-state index in [2.05, 4.69) is 20.5 Å². The van der Waals surface area contributed by atoms with Crippen LogP contribution in [0.1, 0.15) is 50.6 Å². The Morgan fingerprint density at radius 2 is 1.97 bits per heavy atom. The van der Waals surface area contributed by atoms with Crippen LogP contribution in [0.2, 0.25) is 0 Å². The van der Waals surface area contributed by atoms with Gasteiger partial charge in [0.1, 0.15) is 18.1 Å². The van der Waals surface area contributed by atoms with Crippen molar-refractivity contribution in [1.82, 2.24) is 25.2 Å². The second-order valence-corrected chi connectivity index (χ2v) is 9.42. The van der Waals surface area contributed by atoms with E-state index in [1.807, 2.05) is 41.2 Å². The predicted octanol–water partition coefficient (Wildman–Crippen LogP) is 3.02. The highest BCUT2D eigenvalue weighted by Crippen LogP contribution is 2.37. The van der Waals surface area contributed by atoms with Crippen LogP contribution in [0.3, 0.4) is 0 Å². The lowest BCUT2D eigenvalue weighted by molar-refractivity contribution is -0.134. The van der Waals surface area contributed by atoms with Gasteiger partial charge in [0.2, 0.25) is 5.91 Å². The Hall–Kier alpha value is -2.41. The molecule has 4 aliphatic rings. The molecule has 1 N–H and O–H groups in total. The average molecular weight is 424 g/mol. The molecule has 1 aromatic heterocycles. The van der Waals surface area contributed by atoms with Gasteiger partial charge in [-0.3, -0.25) is 14.4 Å². The maximum Gasteiger partial charge on any atom is 0.224 e. The van der Waals surface area contributed by atoms with Crippen molar-refractivity contribution in [3.8, 4) is 5.75 Å². The molecule has 7 nitrogen and oxygen atoms in total. The molecular weight excluding hydrogens is 390 g/mol. The highest BCUT2D eigenvalue weighted by atomic mass is 16.5. The molecule has 0 spiro atoms. The minimum absolute atomic E-state index is 0.150. The second-order valence-electron chi connectivity index (χ2n) is 9.42. The van der Waals surface area contributed by atoms with E-state index in [1.165, 1.54) is 19.3 Å². The van der Waals surface area contributed by atoms with E-state index >= 15 is 0 Å². The first-order valence-corrected chi connectivity index (χ1v) is 11.9. The van der Waals surface area contributed by atoms with Crippen molar-refractivity contribution in [2.75, 3.05) is 13.1 Å². The fourth-order valence-electron chi connectivity index (χ4n) is 5.56. The number of nitrogens with zero attached hydrogens (tertiary/aromatic N) is 4. The Labute approximate surface area is 184 Å². The molecule has 31 heavy (non-hydrogen) atoms. The molecule has 3 aliphatic heterocycles. The van der Waals surface area contributed by atoms with Gasteiger partial charge >= 0.3 is 0 Å². The van der Waals surface area contributed by atoms with Gasteiger partial charge in [0, 0.05) is 18.6 Å². The Kier molecular flexibility index (Phi) is 6.20. The summed E-state index contributed by atoms with van der Waals surface area (Å²) in [5.41, 5.74) is 0.838. The van der Waals surface area contributed by atoms with Crippen LogP contribution in [-0.2, 0) is 17.9 Å². The molecular formula is C24H33N5O2. The third-order valence-corrected chi connectivity index (χ3v) is 7.28. The summed E-state index contributed by atoms with van der Waals surface area (Å²) in [6.07, 6.45) is 10.3. The van der Waals surface area contributed by atoms with Crippen LogP contribution >= 0.6 is 0 Å². The second kappa shape index (κ2) is 9.39. The van der Waals surface area contributed by atoms with Crippen LogP contribution in [0.5, 0.6) is 5.75 Å². The number of hydrogen-bond acceptors (Lipinski definition) is 5. The summed E-state index contributed by atoms with van der Waals surface area (Å²) in [4.78, 5) is 15.4. The molecule has 1 saturated carbocycles. The van der Waals surface area contributed by atoms with Gasteiger partial charge in [0.15, 0.2) is 0 Å². The number of fused-ring (bicyclic) bond motifs is 3. The molecule has 2 bridgehead atoms. The van der Waals surface area contributed by atoms with Gasteiger partial charge in [-0.05, 0) is 50.3 Å². The molecule has 1 aromatic carbocycles. The SMILES string of the molecule is O=C(NC1CCCCC1)[C@H]1CN2CCC1C[C@@H]2Cn1cc(COc2ccccc2)nn1. The van der Waals surface area contributed by atoms with Gasteiger partial charge in [-0.25, -0.2) is 0 Å². The third-order valence-electron chi connectivity index (χ3n) is 7.28. The first-order chi connectivity index (χ1) is 15.2. The first kappa shape index (κ1) is 20.5. The zero-order valence-electron chi connectivity index (χ0n) is 18.2. The summed E-state index contributed by atoms with van der Waals surface area (Å²) in [5.74, 6) is 1.77. The quantitative estimate of drug-likeness (QED) is 0.741. The maximum absolute atomic E-state index is 12.9. The minimum atomic E-state index is 0.150. The Morgan fingerprint density at radius 1 is 1.13 bits per heavy atom. The molecule has 4 atom stereocenters. The molecule has 7 heteroatoms. The van der Waals surface area contributed by atoms with Gasteiger partial charge in [-0.1, -0.05) is 42.7 Å². The standard InChI is InChI=1S/C24H33N5O2/c30-24(25-19-7-3-1-4-8-19)23-16-28-12-11-18(23)13-21(28)15-29-14-20(26-27-29)17-31-22-9-5-2-6-10-22/h2,5-6,9-10,14,18-19,21,23H,1,3-4,7-8,11-13,15-17H2,(H,25,30)/t18?,21-,23+/m1/s1. The van der Waals surface area contributed by atoms with E-state index < -0.39 is 0 Å². The normalized spacial score (nSPS) is 28.4. The average Bonchev–Trinajstić information content (AvgIpc) is 3.27. The highest BCUT2D eigenvalue weighted by molar-refractivity contribution is 5.79. The third kappa shape index (κ3) is 4.92. The topological polar surface area (TPSA) is 72.3 Å². The predicted molar refractivity (Wildman–Crippen MR) is 117 cm³/mol. The number of amides is 1. The molecule has 4 heterocycles. The van der Waals surface area contributed by atoms with Gasteiger partial charge in [-0.2, -0.15) is 0 Å². The number of para-hydroxylation sites is 1. The number of aromatic nitrogens is 3. The molecule has 2 aromatic rings. The fourth-order valence-corrected chi connectivity index (χ4v) is 5.56. The van der Waals surface area contributed by atoms with Crippen molar-refractivity contribution >= 4 is 5.91 Å². The van der Waals surface area contributed by atoms with E-state index in [0.29, 0.717) is 30.5 Å². The monoisotopic (exact) mass is 423 g/mol. The van der Waals surface area contributed by atoms with Crippen molar-refractivity contribution in [1.29, 1.82) is 0 Å². The Balaban J connectivity index is 1.13. The number of ether oxygens (including phenoxy) is 1. The van der Waals surface area contributed by atoms with Crippen LogP contribution < -0.4 is 10.1 Å². The lowest BCUT2D eigenvalue weighted by Crippen LogP contribution is -2.58. The fraction of sp³-hybridized carbons (Fsp3) is 0.625. The summed E-state index contributed by atoms with van der Waals surface area (Å²) in [5, 5.41) is 12.0. The Morgan fingerprint density at radius 3 is 2.74 bits per heavy atom. The number of carbonyl (C=O) groups is 1. The zero-order chi connectivity index (χ0) is 21.0. The summed E-state index contributed by atoms with van der Waals surface area (Å²) in [6.45, 7) is 3.21. The van der Waals surface area contributed by atoms with Crippen LogP contribution in [0.4, 0.5) is 0 Å². The molecule has 2 unspecified atom stereocenters. The maximum atomic E-state index is 12.9. The molecule has 3 saturated heterocycles. The number of hydrogen-bond donors (Lipinski definition) is 1. The molecule has 166 valence electrons. The number of carbonyl (C=O) groups excluding carboxylic acids is 1. The van der Waals surface area contributed by atoms with Crippen molar-refractivity contribution in [2.45, 2.75) is 70.2 Å². The van der Waals surface area contributed by atoms with Crippen molar-refractivity contribution < 1.29 is 9.53 Å². The van der Waals surface area contributed by atoms with Crippen molar-refractivity contribution in [2.24, 2.45) is 11.8 Å². The van der Waals surface area contributed by atoms with Crippen molar-refractivity contribution in [3.63, 3.8) is 0 Å². The Bertz CT molecular complexity index is 864. The number of benzene rings is 1. The lowest BCUT2D eigenvalue weighted by Gasteiger charge is -2.49. The van der Waals surface area contributed by atoms with E-state index in [1.54, 1.807) is 0 Å². The molecule has 6 rings (SSSR count).